The molecule has 0 aromatic carbocycles. The first kappa shape index (κ1) is 13.9. The molecule has 2 aliphatic carbocycles. The van der Waals surface area contributed by atoms with Crippen molar-refractivity contribution >= 4 is 0 Å². The molecule has 2 heteroatoms. The van der Waals surface area contributed by atoms with Gasteiger partial charge in [-0.2, -0.15) is 5.26 Å². The molecule has 3 unspecified atom stereocenters. The van der Waals surface area contributed by atoms with Crippen LogP contribution < -0.4 is 0 Å². The summed E-state index contributed by atoms with van der Waals surface area (Å²) in [6.45, 7) is 6.52. The molecule has 2 fully saturated rings. The van der Waals surface area contributed by atoms with E-state index in [0.717, 1.165) is 44.9 Å². The molecule has 3 atom stereocenters. The number of nitrogens with zero attached hydrogens (tertiary/aromatic N) is 1. The first-order valence-electron chi connectivity index (χ1n) is 7.54. The van der Waals surface area contributed by atoms with Crippen LogP contribution in [0.3, 0.4) is 0 Å². The molecule has 0 radical (unpaired) electrons. The number of hydrogen-bond donors (Lipinski definition) is 1. The van der Waals surface area contributed by atoms with Gasteiger partial charge in [0, 0.05) is 0 Å². The van der Waals surface area contributed by atoms with Crippen molar-refractivity contribution in [2.45, 2.75) is 77.7 Å². The van der Waals surface area contributed by atoms with Crippen LogP contribution in [0.5, 0.6) is 0 Å². The van der Waals surface area contributed by atoms with E-state index in [0.29, 0.717) is 5.92 Å². The summed E-state index contributed by atoms with van der Waals surface area (Å²) < 4.78 is 0. The molecule has 2 aliphatic rings. The number of aliphatic hydroxyl groups is 1. The Labute approximate surface area is 111 Å². The summed E-state index contributed by atoms with van der Waals surface area (Å²) >= 11 is 0. The van der Waals surface area contributed by atoms with E-state index in [1.165, 1.54) is 6.42 Å². The Morgan fingerprint density at radius 3 is 2.39 bits per heavy atom. The third-order valence-corrected chi connectivity index (χ3v) is 5.91. The van der Waals surface area contributed by atoms with E-state index in [4.69, 9.17) is 0 Å². The Morgan fingerprint density at radius 1 is 1.22 bits per heavy atom. The van der Waals surface area contributed by atoms with Gasteiger partial charge in [0.2, 0.25) is 0 Å². The molecular weight excluding hydrogens is 222 g/mol. The monoisotopic (exact) mass is 249 g/mol. The van der Waals surface area contributed by atoms with Crippen LogP contribution in [-0.4, -0.2) is 10.7 Å². The lowest BCUT2D eigenvalue weighted by Crippen LogP contribution is -2.58. The maximum absolute atomic E-state index is 11.3. The molecule has 1 N–H and O–H groups in total. The summed E-state index contributed by atoms with van der Waals surface area (Å²) in [6, 6.07) is 2.56. The maximum Gasteiger partial charge on any atom is 0.0883 e. The van der Waals surface area contributed by atoms with Crippen LogP contribution >= 0.6 is 0 Å². The minimum atomic E-state index is -0.781. The third kappa shape index (κ3) is 1.79. The minimum absolute atomic E-state index is 0.121. The van der Waals surface area contributed by atoms with Crippen LogP contribution in [0.25, 0.3) is 0 Å². The lowest BCUT2D eigenvalue weighted by molar-refractivity contribution is -0.163. The van der Waals surface area contributed by atoms with E-state index < -0.39 is 11.0 Å². The summed E-state index contributed by atoms with van der Waals surface area (Å²) in [5.74, 6) is 0.631. The molecule has 2 nitrogen and oxygen atoms in total. The van der Waals surface area contributed by atoms with Gasteiger partial charge in [-0.05, 0) is 43.4 Å². The van der Waals surface area contributed by atoms with Crippen molar-refractivity contribution in [3.63, 3.8) is 0 Å². The van der Waals surface area contributed by atoms with Crippen LogP contribution in [0.2, 0.25) is 0 Å². The quantitative estimate of drug-likeness (QED) is 0.802. The van der Waals surface area contributed by atoms with Gasteiger partial charge in [-0.25, -0.2) is 0 Å². The van der Waals surface area contributed by atoms with Gasteiger partial charge in [-0.1, -0.05) is 40.0 Å². The first-order chi connectivity index (χ1) is 8.41. The number of rotatable bonds is 2. The molecule has 2 rings (SSSR count). The highest BCUT2D eigenvalue weighted by Crippen LogP contribution is 2.60. The van der Waals surface area contributed by atoms with Crippen molar-refractivity contribution in [3.05, 3.63) is 0 Å². The topological polar surface area (TPSA) is 44.0 Å². The van der Waals surface area contributed by atoms with E-state index in [2.05, 4.69) is 26.8 Å². The SMILES string of the molecule is CCC1CCC(C#N)(C2(O)CCCCC2(C)C)C1. The molecule has 0 aromatic rings. The zero-order chi connectivity index (χ0) is 13.4. The molecule has 102 valence electrons. The van der Waals surface area contributed by atoms with E-state index in [1.807, 2.05) is 0 Å². The predicted octanol–water partition coefficient (Wildman–Crippen LogP) is 4.04. The number of hydrogen-bond acceptors (Lipinski definition) is 2. The van der Waals surface area contributed by atoms with Crippen molar-refractivity contribution < 1.29 is 5.11 Å². The van der Waals surface area contributed by atoms with Crippen molar-refractivity contribution in [1.29, 1.82) is 5.26 Å². The second-order valence-electron chi connectivity index (χ2n) is 7.16. The van der Waals surface area contributed by atoms with Crippen LogP contribution in [0, 0.1) is 28.1 Å². The highest BCUT2D eigenvalue weighted by Gasteiger charge is 2.61. The molecule has 18 heavy (non-hydrogen) atoms. The van der Waals surface area contributed by atoms with Gasteiger partial charge < -0.3 is 5.11 Å². The molecule has 0 saturated heterocycles. The second-order valence-corrected chi connectivity index (χ2v) is 7.16. The second kappa shape index (κ2) is 4.53. The van der Waals surface area contributed by atoms with Crippen LogP contribution in [0.4, 0.5) is 0 Å². The van der Waals surface area contributed by atoms with Gasteiger partial charge in [-0.15, -0.1) is 0 Å². The zero-order valence-electron chi connectivity index (χ0n) is 12.1. The average molecular weight is 249 g/mol. The minimum Gasteiger partial charge on any atom is -0.388 e. The van der Waals surface area contributed by atoms with Gasteiger partial charge in [0.15, 0.2) is 0 Å². The third-order valence-electron chi connectivity index (χ3n) is 5.91. The fraction of sp³-hybridized carbons (Fsp3) is 0.938. The fourth-order valence-corrected chi connectivity index (χ4v) is 4.45. The van der Waals surface area contributed by atoms with E-state index in [1.54, 1.807) is 0 Å². The Hall–Kier alpha value is -0.550. The lowest BCUT2D eigenvalue weighted by Gasteiger charge is -2.53. The van der Waals surface area contributed by atoms with Gasteiger partial charge in [-0.3, -0.25) is 0 Å². The van der Waals surface area contributed by atoms with Gasteiger partial charge in [0.05, 0.1) is 17.1 Å². The maximum atomic E-state index is 11.3. The number of nitriles is 1. The predicted molar refractivity (Wildman–Crippen MR) is 72.9 cm³/mol. The highest BCUT2D eigenvalue weighted by molar-refractivity contribution is 5.19. The Balaban J connectivity index is 2.35. The van der Waals surface area contributed by atoms with Crippen molar-refractivity contribution in [2.75, 3.05) is 0 Å². The van der Waals surface area contributed by atoms with Crippen LogP contribution in [0.15, 0.2) is 0 Å². The molecule has 0 heterocycles. The summed E-state index contributed by atoms with van der Waals surface area (Å²) in [6.07, 6.45) is 8.16. The first-order valence-corrected chi connectivity index (χ1v) is 7.54. The summed E-state index contributed by atoms with van der Waals surface area (Å²) in [5, 5.41) is 21.1. The van der Waals surface area contributed by atoms with Crippen LogP contribution in [-0.2, 0) is 0 Å². The van der Waals surface area contributed by atoms with Crippen molar-refractivity contribution in [3.8, 4) is 6.07 Å². The summed E-state index contributed by atoms with van der Waals surface area (Å²) in [4.78, 5) is 0. The summed E-state index contributed by atoms with van der Waals surface area (Å²) in [5.41, 5.74) is -1.39. The average Bonchev–Trinajstić information content (AvgIpc) is 2.78. The van der Waals surface area contributed by atoms with E-state index in [9.17, 15) is 10.4 Å². The zero-order valence-corrected chi connectivity index (χ0v) is 12.1. The van der Waals surface area contributed by atoms with E-state index in [-0.39, 0.29) is 5.41 Å². The van der Waals surface area contributed by atoms with Crippen molar-refractivity contribution in [1.82, 2.24) is 0 Å². The standard InChI is InChI=1S/C16H27NO/c1-4-13-7-10-15(11-13,12-17)16(18)9-6-5-8-14(16,2)3/h13,18H,4-11H2,1-3H3. The highest BCUT2D eigenvalue weighted by atomic mass is 16.3. The largest absolute Gasteiger partial charge is 0.388 e. The molecule has 0 amide bonds. The summed E-state index contributed by atoms with van der Waals surface area (Å²) in [7, 11) is 0. The lowest BCUT2D eigenvalue weighted by atomic mass is 9.53. The normalized spacial score (nSPS) is 43.6. The Kier molecular flexibility index (Phi) is 3.49. The Morgan fingerprint density at radius 2 is 1.89 bits per heavy atom. The Bertz CT molecular complexity index is 357. The molecule has 0 spiro atoms. The van der Waals surface area contributed by atoms with Gasteiger partial charge >= 0.3 is 0 Å². The smallest absolute Gasteiger partial charge is 0.0883 e. The van der Waals surface area contributed by atoms with Gasteiger partial charge in [0.25, 0.3) is 0 Å². The van der Waals surface area contributed by atoms with Crippen molar-refractivity contribution in [2.24, 2.45) is 16.7 Å². The van der Waals surface area contributed by atoms with E-state index >= 15 is 0 Å². The molecule has 0 aliphatic heterocycles. The molecule has 2 saturated carbocycles. The van der Waals surface area contributed by atoms with Gasteiger partial charge in [0.1, 0.15) is 0 Å². The molecule has 0 aromatic heterocycles. The van der Waals surface area contributed by atoms with Crippen LogP contribution in [0.1, 0.15) is 72.1 Å². The molecule has 0 bridgehead atoms. The fourth-order valence-electron chi connectivity index (χ4n) is 4.45. The molecular formula is C16H27NO.